The molecular weight excluding hydrogens is 246 g/mol. The van der Waals surface area contributed by atoms with E-state index in [4.69, 9.17) is 10.3 Å². The van der Waals surface area contributed by atoms with E-state index in [1.54, 1.807) is 23.2 Å². The number of fused-ring (bicyclic) bond motifs is 1. The normalized spacial score (nSPS) is 11.3. The van der Waals surface area contributed by atoms with Crippen LogP contribution < -0.4 is 11.4 Å². The Morgan fingerprint density at radius 3 is 2.79 bits per heavy atom. The second kappa shape index (κ2) is 4.06. The van der Waals surface area contributed by atoms with Crippen LogP contribution in [-0.2, 0) is 20.6 Å². The zero-order valence-corrected chi connectivity index (χ0v) is 10.6. The molecule has 2 aromatic heterocycles. The highest BCUT2D eigenvalue weighted by atomic mass is 16.5. The molecule has 0 aliphatic heterocycles. The minimum atomic E-state index is -0.0926. The number of hydrogen-bond acceptors (Lipinski definition) is 5. The van der Waals surface area contributed by atoms with Crippen molar-refractivity contribution in [2.75, 3.05) is 0 Å². The van der Waals surface area contributed by atoms with E-state index in [1.165, 1.54) is 0 Å². The quantitative estimate of drug-likeness (QED) is 0.718. The lowest BCUT2D eigenvalue weighted by Gasteiger charge is -2.00. The van der Waals surface area contributed by atoms with Crippen LogP contribution in [0.4, 0.5) is 0 Å². The Morgan fingerprint density at radius 2 is 2.11 bits per heavy atom. The molecule has 3 rings (SSSR count). The molecule has 0 aliphatic rings. The van der Waals surface area contributed by atoms with Crippen LogP contribution in [0.5, 0.6) is 0 Å². The van der Waals surface area contributed by atoms with Gasteiger partial charge in [0.25, 0.3) is 0 Å². The van der Waals surface area contributed by atoms with E-state index in [0.29, 0.717) is 11.7 Å². The highest BCUT2D eigenvalue weighted by molar-refractivity contribution is 5.90. The van der Waals surface area contributed by atoms with Gasteiger partial charge in [0.15, 0.2) is 0 Å². The number of nitrogens with two attached hydrogens (primary N) is 1. The molecule has 0 saturated heterocycles. The van der Waals surface area contributed by atoms with Gasteiger partial charge in [-0.1, -0.05) is 11.2 Å². The largest absolute Gasteiger partial charge is 0.338 e. The average Bonchev–Trinajstić information content (AvgIpc) is 2.99. The molecule has 0 radical (unpaired) electrons. The molecule has 0 unspecified atom stereocenters. The summed E-state index contributed by atoms with van der Waals surface area (Å²) in [5.74, 6) is 0.806. The maximum atomic E-state index is 12.0. The third-order valence-corrected chi connectivity index (χ3v) is 3.17. The molecule has 0 amide bonds. The number of para-hydroxylation sites is 1. The van der Waals surface area contributed by atoms with Gasteiger partial charge in [-0.2, -0.15) is 4.98 Å². The average molecular weight is 259 g/mol. The number of aryl methyl sites for hydroxylation is 2. The predicted molar refractivity (Wildman–Crippen MR) is 69.3 cm³/mol. The molecule has 98 valence electrons. The summed E-state index contributed by atoms with van der Waals surface area (Å²) in [4.78, 5) is 16.2. The first kappa shape index (κ1) is 11.7. The number of rotatable bonds is 2. The lowest BCUT2D eigenvalue weighted by Crippen LogP contribution is -2.19. The van der Waals surface area contributed by atoms with Crippen molar-refractivity contribution in [3.05, 3.63) is 34.6 Å². The van der Waals surface area contributed by atoms with Gasteiger partial charge in [-0.25, -0.2) is 4.79 Å². The molecule has 0 saturated carbocycles. The highest BCUT2D eigenvalue weighted by Gasteiger charge is 2.16. The first-order valence-electron chi connectivity index (χ1n) is 5.81. The van der Waals surface area contributed by atoms with Gasteiger partial charge in [-0.05, 0) is 12.1 Å². The van der Waals surface area contributed by atoms with Crippen LogP contribution in [0, 0.1) is 0 Å². The van der Waals surface area contributed by atoms with E-state index in [1.807, 2.05) is 18.2 Å². The summed E-state index contributed by atoms with van der Waals surface area (Å²) >= 11 is 0. The van der Waals surface area contributed by atoms with Crippen LogP contribution in [0.15, 0.2) is 27.5 Å². The summed E-state index contributed by atoms with van der Waals surface area (Å²) in [6.45, 7) is 0.191. The van der Waals surface area contributed by atoms with Gasteiger partial charge >= 0.3 is 5.69 Å². The van der Waals surface area contributed by atoms with E-state index in [0.717, 1.165) is 16.6 Å². The lowest BCUT2D eigenvalue weighted by molar-refractivity contribution is 0.380. The maximum Gasteiger partial charge on any atom is 0.328 e. The maximum absolute atomic E-state index is 12.0. The third kappa shape index (κ3) is 1.59. The Balaban J connectivity index is 2.35. The van der Waals surface area contributed by atoms with Crippen molar-refractivity contribution >= 4 is 11.0 Å². The first-order valence-corrected chi connectivity index (χ1v) is 5.81. The van der Waals surface area contributed by atoms with Gasteiger partial charge < -0.3 is 10.3 Å². The topological polar surface area (TPSA) is 91.9 Å². The van der Waals surface area contributed by atoms with E-state index >= 15 is 0 Å². The smallest absolute Gasteiger partial charge is 0.328 e. The van der Waals surface area contributed by atoms with E-state index in [-0.39, 0.29) is 12.2 Å². The molecule has 0 bridgehead atoms. The SMILES string of the molecule is Cn1c(=O)n(C)c2c(-c3noc(CN)n3)cccc21. The van der Waals surface area contributed by atoms with Gasteiger partial charge in [0.2, 0.25) is 11.7 Å². The number of nitrogens with zero attached hydrogens (tertiary/aromatic N) is 4. The minimum absolute atomic E-state index is 0.0926. The predicted octanol–water partition coefficient (Wildman–Crippen LogP) is 0.386. The van der Waals surface area contributed by atoms with Crippen LogP contribution in [0.25, 0.3) is 22.4 Å². The fraction of sp³-hybridized carbons (Fsp3) is 0.250. The van der Waals surface area contributed by atoms with Gasteiger partial charge in [0.1, 0.15) is 0 Å². The Kier molecular flexibility index (Phi) is 2.49. The molecule has 7 nitrogen and oxygen atoms in total. The Bertz CT molecular complexity index is 811. The lowest BCUT2D eigenvalue weighted by atomic mass is 10.1. The van der Waals surface area contributed by atoms with E-state index in [9.17, 15) is 4.79 Å². The van der Waals surface area contributed by atoms with Crippen molar-refractivity contribution in [1.82, 2.24) is 19.3 Å². The standard InChI is InChI=1S/C12H13N5O2/c1-16-8-5-3-4-7(10(8)17(2)12(16)18)11-14-9(6-13)19-15-11/h3-5H,6,13H2,1-2H3. The Morgan fingerprint density at radius 1 is 1.32 bits per heavy atom. The molecule has 2 N–H and O–H groups in total. The zero-order chi connectivity index (χ0) is 13.6. The van der Waals surface area contributed by atoms with Gasteiger partial charge in [-0.3, -0.25) is 9.13 Å². The summed E-state index contributed by atoms with van der Waals surface area (Å²) < 4.78 is 8.17. The van der Waals surface area contributed by atoms with Crippen LogP contribution in [0.1, 0.15) is 5.89 Å². The van der Waals surface area contributed by atoms with Gasteiger partial charge in [0.05, 0.1) is 17.6 Å². The van der Waals surface area contributed by atoms with Crippen LogP contribution >= 0.6 is 0 Å². The van der Waals surface area contributed by atoms with Crippen molar-refractivity contribution in [2.24, 2.45) is 19.8 Å². The summed E-state index contributed by atoms with van der Waals surface area (Å²) in [6.07, 6.45) is 0. The number of benzene rings is 1. The summed E-state index contributed by atoms with van der Waals surface area (Å²) in [5.41, 5.74) is 7.72. The monoisotopic (exact) mass is 259 g/mol. The number of imidazole rings is 1. The molecule has 1 aromatic carbocycles. The number of aromatic nitrogens is 4. The van der Waals surface area contributed by atoms with Gasteiger partial charge in [0, 0.05) is 19.7 Å². The molecule has 2 heterocycles. The van der Waals surface area contributed by atoms with Crippen molar-refractivity contribution in [2.45, 2.75) is 6.54 Å². The molecule has 0 aliphatic carbocycles. The second-order valence-electron chi connectivity index (χ2n) is 4.29. The van der Waals surface area contributed by atoms with Crippen molar-refractivity contribution in [1.29, 1.82) is 0 Å². The highest BCUT2D eigenvalue weighted by Crippen LogP contribution is 2.25. The van der Waals surface area contributed by atoms with Crippen LogP contribution in [0.3, 0.4) is 0 Å². The molecule has 19 heavy (non-hydrogen) atoms. The fourth-order valence-corrected chi connectivity index (χ4v) is 2.21. The summed E-state index contributed by atoms with van der Waals surface area (Å²) in [7, 11) is 3.45. The second-order valence-corrected chi connectivity index (χ2v) is 4.29. The summed E-state index contributed by atoms with van der Waals surface area (Å²) in [6, 6.07) is 5.59. The molecular formula is C12H13N5O2. The molecule has 3 aromatic rings. The fourth-order valence-electron chi connectivity index (χ4n) is 2.21. The van der Waals surface area contributed by atoms with Crippen molar-refractivity contribution in [3.63, 3.8) is 0 Å². The third-order valence-electron chi connectivity index (χ3n) is 3.17. The Hall–Kier alpha value is -2.41. The molecule has 7 heteroatoms. The van der Waals surface area contributed by atoms with Crippen LogP contribution in [0.2, 0.25) is 0 Å². The Labute approximate surface area is 108 Å². The van der Waals surface area contributed by atoms with Crippen molar-refractivity contribution in [3.8, 4) is 11.4 Å². The van der Waals surface area contributed by atoms with Gasteiger partial charge in [-0.15, -0.1) is 0 Å². The zero-order valence-electron chi connectivity index (χ0n) is 10.6. The first-order chi connectivity index (χ1) is 9.13. The molecule has 0 fully saturated rings. The molecule has 0 atom stereocenters. The van der Waals surface area contributed by atoms with Crippen LogP contribution in [-0.4, -0.2) is 19.3 Å². The molecule has 0 spiro atoms. The van der Waals surface area contributed by atoms with E-state index in [2.05, 4.69) is 10.1 Å². The summed E-state index contributed by atoms with van der Waals surface area (Å²) in [5, 5.41) is 3.90. The van der Waals surface area contributed by atoms with Crippen molar-refractivity contribution < 1.29 is 4.52 Å². The van der Waals surface area contributed by atoms with E-state index < -0.39 is 0 Å². The minimum Gasteiger partial charge on any atom is -0.338 e. The number of hydrogen-bond donors (Lipinski definition) is 1.